The van der Waals surface area contributed by atoms with Crippen LogP contribution in [0.15, 0.2) is 52.2 Å². The van der Waals surface area contributed by atoms with E-state index in [2.05, 4.69) is 10.5 Å². The lowest BCUT2D eigenvalue weighted by Gasteiger charge is -2.35. The number of benzene rings is 2. The number of fused-ring (bicyclic) bond motifs is 1. The molecule has 0 bridgehead atoms. The summed E-state index contributed by atoms with van der Waals surface area (Å²) >= 11 is 0. The van der Waals surface area contributed by atoms with Gasteiger partial charge in [0, 0.05) is 29.3 Å². The van der Waals surface area contributed by atoms with Crippen molar-refractivity contribution in [2.45, 2.75) is 31.6 Å². The maximum absolute atomic E-state index is 13.7. The second-order valence-corrected chi connectivity index (χ2v) is 8.53. The molecule has 0 fully saturated rings. The Labute approximate surface area is 197 Å². The third-order valence-corrected chi connectivity index (χ3v) is 6.67. The molecule has 3 aromatic rings. The second kappa shape index (κ2) is 8.44. The average molecular weight is 463 g/mol. The number of anilines is 1. The van der Waals surface area contributed by atoms with Gasteiger partial charge >= 0.3 is 0 Å². The van der Waals surface area contributed by atoms with Crippen LogP contribution in [-0.4, -0.2) is 37.4 Å². The highest BCUT2D eigenvalue weighted by atomic mass is 16.5. The monoisotopic (exact) mass is 462 g/mol. The smallest absolute Gasteiger partial charge is 0.233 e. The number of hydrogen-bond donors (Lipinski definition) is 2. The summed E-state index contributed by atoms with van der Waals surface area (Å²) in [4.78, 5) is 13.7. The van der Waals surface area contributed by atoms with Gasteiger partial charge in [-0.3, -0.25) is 4.79 Å². The number of ether oxygens (including phenoxy) is 3. The van der Waals surface area contributed by atoms with Crippen LogP contribution in [0.3, 0.4) is 0 Å². The molecule has 2 aliphatic rings. The number of hydrogen-bond acceptors (Lipinski definition) is 8. The number of Topliss-reactive ketones (excluding diaryl/α,β-unsaturated/α-hetero) is 1. The predicted octanol–water partition coefficient (Wildman–Crippen LogP) is 4.67. The van der Waals surface area contributed by atoms with Crippen LogP contribution in [0.5, 0.6) is 23.0 Å². The molecule has 2 aromatic carbocycles. The van der Waals surface area contributed by atoms with Crippen molar-refractivity contribution in [1.82, 2.24) is 5.16 Å². The fourth-order valence-electron chi connectivity index (χ4n) is 5.04. The van der Waals surface area contributed by atoms with Gasteiger partial charge < -0.3 is 29.2 Å². The summed E-state index contributed by atoms with van der Waals surface area (Å²) in [7, 11) is 4.73. The highest BCUT2D eigenvalue weighted by Crippen LogP contribution is 2.52. The fraction of sp³-hybridized carbons (Fsp3) is 0.308. The number of carbonyl (C=O) groups is 1. The van der Waals surface area contributed by atoms with Gasteiger partial charge in [-0.2, -0.15) is 0 Å². The van der Waals surface area contributed by atoms with E-state index in [0.717, 1.165) is 22.4 Å². The molecule has 176 valence electrons. The van der Waals surface area contributed by atoms with E-state index in [1.807, 2.05) is 25.1 Å². The standard InChI is InChI=1S/C26H26N2O6/c1-13-23-24(17-11-21(32-3)22(33-4)12-20(17)31-2)25-18(27-26(23)34-28-13)9-15(10-19(25)30)14-5-7-16(29)8-6-14/h5-8,11-12,15,24,27,29H,9-10H2,1-4H3/t15-,24+/m0/s1. The normalized spacial score (nSPS) is 19.2. The molecule has 8 nitrogen and oxygen atoms in total. The zero-order valence-corrected chi connectivity index (χ0v) is 19.5. The van der Waals surface area contributed by atoms with E-state index in [9.17, 15) is 9.90 Å². The Morgan fingerprint density at radius 1 is 1.00 bits per heavy atom. The predicted molar refractivity (Wildman–Crippen MR) is 125 cm³/mol. The summed E-state index contributed by atoms with van der Waals surface area (Å²) in [6.07, 6.45) is 0.980. The van der Waals surface area contributed by atoms with E-state index in [-0.39, 0.29) is 17.5 Å². The van der Waals surface area contributed by atoms with Crippen LogP contribution in [0, 0.1) is 6.92 Å². The summed E-state index contributed by atoms with van der Waals surface area (Å²) in [5.41, 5.74) is 4.77. The summed E-state index contributed by atoms with van der Waals surface area (Å²) in [5, 5.41) is 17.2. The van der Waals surface area contributed by atoms with Crippen molar-refractivity contribution in [1.29, 1.82) is 0 Å². The van der Waals surface area contributed by atoms with Crippen molar-refractivity contribution in [3.05, 3.63) is 70.1 Å². The Morgan fingerprint density at radius 2 is 1.68 bits per heavy atom. The van der Waals surface area contributed by atoms with Crippen LogP contribution >= 0.6 is 0 Å². The number of aryl methyl sites for hydroxylation is 1. The highest BCUT2D eigenvalue weighted by molar-refractivity contribution is 6.01. The Hall–Kier alpha value is -3.94. The minimum atomic E-state index is -0.430. The third-order valence-electron chi connectivity index (χ3n) is 6.67. The van der Waals surface area contributed by atoms with E-state index in [4.69, 9.17) is 18.7 Å². The van der Waals surface area contributed by atoms with E-state index >= 15 is 0 Å². The van der Waals surface area contributed by atoms with Crippen LogP contribution in [0.2, 0.25) is 0 Å². The first-order valence-corrected chi connectivity index (χ1v) is 11.0. The molecule has 2 heterocycles. The van der Waals surface area contributed by atoms with Crippen LogP contribution in [0.25, 0.3) is 0 Å². The Kier molecular flexibility index (Phi) is 5.43. The number of methoxy groups -OCH3 is 3. The molecule has 2 N–H and O–H groups in total. The van der Waals surface area contributed by atoms with Crippen LogP contribution in [-0.2, 0) is 4.79 Å². The van der Waals surface area contributed by atoms with Gasteiger partial charge in [0.15, 0.2) is 17.3 Å². The first kappa shape index (κ1) is 21.9. The number of phenolic OH excluding ortho intramolecular Hbond substituents is 1. The van der Waals surface area contributed by atoms with Crippen molar-refractivity contribution in [3.8, 4) is 23.0 Å². The van der Waals surface area contributed by atoms with E-state index < -0.39 is 5.92 Å². The van der Waals surface area contributed by atoms with Crippen molar-refractivity contribution >= 4 is 11.7 Å². The number of carbonyl (C=O) groups excluding carboxylic acids is 1. The number of phenols is 1. The van der Waals surface area contributed by atoms with Crippen LogP contribution in [0.4, 0.5) is 5.88 Å². The SMILES string of the molecule is COc1cc(OC)c([C@H]2C3=C(C[C@H](c4ccc(O)cc4)CC3=O)Nc3onc(C)c32)cc1OC. The lowest BCUT2D eigenvalue weighted by Crippen LogP contribution is -2.29. The average Bonchev–Trinajstić information content (AvgIpc) is 3.22. The van der Waals surface area contributed by atoms with Crippen LogP contribution in [0.1, 0.15) is 47.1 Å². The number of nitrogens with zero attached hydrogens (tertiary/aromatic N) is 1. The minimum absolute atomic E-state index is 0.0159. The molecule has 1 aliphatic carbocycles. The van der Waals surface area contributed by atoms with Gasteiger partial charge in [-0.15, -0.1) is 0 Å². The Bertz CT molecular complexity index is 1290. The van der Waals surface area contributed by atoms with Crippen molar-refractivity contribution in [2.24, 2.45) is 0 Å². The van der Waals surface area contributed by atoms with E-state index in [1.54, 1.807) is 39.5 Å². The first-order chi connectivity index (χ1) is 16.4. The number of aromatic hydroxyl groups is 1. The zero-order chi connectivity index (χ0) is 24.0. The number of ketones is 1. The minimum Gasteiger partial charge on any atom is -0.508 e. The molecule has 5 rings (SSSR count). The largest absolute Gasteiger partial charge is 0.508 e. The summed E-state index contributed by atoms with van der Waals surface area (Å²) in [5.74, 6) is 1.98. The molecule has 0 unspecified atom stereocenters. The third kappa shape index (κ3) is 3.46. The van der Waals surface area contributed by atoms with E-state index in [1.165, 1.54) is 0 Å². The highest BCUT2D eigenvalue weighted by Gasteiger charge is 2.42. The van der Waals surface area contributed by atoms with Crippen molar-refractivity contribution < 1.29 is 28.6 Å². The van der Waals surface area contributed by atoms with Crippen molar-refractivity contribution in [3.63, 3.8) is 0 Å². The van der Waals surface area contributed by atoms with Crippen LogP contribution < -0.4 is 19.5 Å². The van der Waals surface area contributed by atoms with Gasteiger partial charge in [-0.25, -0.2) is 0 Å². The molecule has 0 saturated carbocycles. The van der Waals surface area contributed by atoms with Gasteiger partial charge in [-0.05, 0) is 43.0 Å². The maximum Gasteiger partial charge on any atom is 0.233 e. The Morgan fingerprint density at radius 3 is 2.35 bits per heavy atom. The van der Waals surface area contributed by atoms with Gasteiger partial charge in [0.25, 0.3) is 0 Å². The number of aromatic nitrogens is 1. The summed E-state index contributed by atoms with van der Waals surface area (Å²) in [6.45, 7) is 1.86. The molecule has 2 atom stereocenters. The summed E-state index contributed by atoms with van der Waals surface area (Å²) < 4.78 is 22.4. The lowest BCUT2D eigenvalue weighted by molar-refractivity contribution is -0.116. The van der Waals surface area contributed by atoms with E-state index in [0.29, 0.717) is 47.2 Å². The first-order valence-electron chi connectivity index (χ1n) is 11.0. The van der Waals surface area contributed by atoms with Gasteiger partial charge in [0.05, 0.1) is 38.5 Å². The molecule has 1 aromatic heterocycles. The topological polar surface area (TPSA) is 103 Å². The molecular weight excluding hydrogens is 436 g/mol. The second-order valence-electron chi connectivity index (χ2n) is 8.53. The lowest BCUT2D eigenvalue weighted by atomic mass is 9.72. The fourth-order valence-corrected chi connectivity index (χ4v) is 5.04. The molecule has 0 saturated heterocycles. The number of allylic oxidation sites excluding steroid dienone is 2. The molecule has 0 spiro atoms. The number of nitrogens with one attached hydrogen (secondary N) is 1. The van der Waals surface area contributed by atoms with Gasteiger partial charge in [-0.1, -0.05) is 17.3 Å². The molecule has 0 amide bonds. The zero-order valence-electron chi connectivity index (χ0n) is 19.5. The quantitative estimate of drug-likeness (QED) is 0.564. The summed E-state index contributed by atoms with van der Waals surface area (Å²) in [6, 6.07) is 10.6. The number of rotatable bonds is 5. The van der Waals surface area contributed by atoms with Gasteiger partial charge in [0.1, 0.15) is 11.5 Å². The molecule has 34 heavy (non-hydrogen) atoms. The maximum atomic E-state index is 13.7. The van der Waals surface area contributed by atoms with Crippen molar-refractivity contribution in [2.75, 3.05) is 26.6 Å². The Balaban J connectivity index is 1.67. The molecule has 1 aliphatic heterocycles. The molecule has 0 radical (unpaired) electrons. The molecule has 8 heteroatoms. The molecular formula is C26H26N2O6. The van der Waals surface area contributed by atoms with Gasteiger partial charge in [0.2, 0.25) is 5.88 Å².